The lowest BCUT2D eigenvalue weighted by atomic mass is 9.86. The average Bonchev–Trinajstić information content (AvgIpc) is 3.03. The molecule has 1 fully saturated rings. The highest BCUT2D eigenvalue weighted by molar-refractivity contribution is 6.30. The first kappa shape index (κ1) is 16.6. The number of benzene rings is 1. The zero-order valence-corrected chi connectivity index (χ0v) is 14.1. The number of methoxy groups -OCH3 is 1. The summed E-state index contributed by atoms with van der Waals surface area (Å²) in [7, 11) is 1.39. The van der Waals surface area contributed by atoms with E-state index in [1.165, 1.54) is 13.2 Å². The fourth-order valence-corrected chi connectivity index (χ4v) is 3.38. The van der Waals surface area contributed by atoms with Gasteiger partial charge in [0.05, 0.1) is 7.11 Å². The third-order valence-corrected chi connectivity index (χ3v) is 4.71. The summed E-state index contributed by atoms with van der Waals surface area (Å²) in [6, 6.07) is 9.04. The number of piperidine rings is 1. The van der Waals surface area contributed by atoms with Crippen molar-refractivity contribution in [2.24, 2.45) is 0 Å². The topological polar surface area (TPSA) is 75.5 Å². The smallest absolute Gasteiger partial charge is 0.409 e. The molecule has 0 bridgehead atoms. The van der Waals surface area contributed by atoms with E-state index < -0.39 is 0 Å². The van der Waals surface area contributed by atoms with Crippen LogP contribution in [0.25, 0.3) is 0 Å². The van der Waals surface area contributed by atoms with Crippen molar-refractivity contribution in [1.82, 2.24) is 10.1 Å². The molecule has 2 atom stereocenters. The first-order chi connectivity index (χ1) is 11.6. The fraction of sp³-hybridized carbons (Fsp3) is 0.412. The average molecular weight is 351 g/mol. The zero-order valence-electron chi connectivity index (χ0n) is 13.3. The van der Waals surface area contributed by atoms with E-state index in [4.69, 9.17) is 20.9 Å². The number of hydrogen-bond donors (Lipinski definition) is 1. The number of nitrogens with zero attached hydrogens (tertiary/aromatic N) is 1. The van der Waals surface area contributed by atoms with Gasteiger partial charge in [-0.2, -0.15) is 5.16 Å². The number of carbonyl (C=O) groups is 1. The van der Waals surface area contributed by atoms with Gasteiger partial charge in [-0.05, 0) is 37.0 Å². The van der Waals surface area contributed by atoms with Crippen LogP contribution in [-0.2, 0) is 11.2 Å². The summed E-state index contributed by atoms with van der Waals surface area (Å²) in [5, 5.41) is 3.01. The van der Waals surface area contributed by atoms with Crippen LogP contribution in [0.2, 0.25) is 5.02 Å². The predicted octanol–water partition coefficient (Wildman–Crippen LogP) is 3.18. The van der Waals surface area contributed by atoms with Crippen LogP contribution in [-0.4, -0.2) is 35.8 Å². The van der Waals surface area contributed by atoms with Gasteiger partial charge in [-0.1, -0.05) is 23.7 Å². The van der Waals surface area contributed by atoms with Gasteiger partial charge in [-0.3, -0.25) is 4.79 Å². The van der Waals surface area contributed by atoms with E-state index in [-0.39, 0.29) is 23.6 Å². The van der Waals surface area contributed by atoms with Gasteiger partial charge >= 0.3 is 6.09 Å². The van der Waals surface area contributed by atoms with E-state index in [0.717, 1.165) is 12.0 Å². The van der Waals surface area contributed by atoms with Gasteiger partial charge < -0.3 is 14.2 Å². The Kier molecular flexibility index (Phi) is 4.94. The molecule has 128 valence electrons. The number of ether oxygens (including phenoxy) is 1. The number of rotatable bonds is 3. The second-order valence-corrected chi connectivity index (χ2v) is 6.42. The molecule has 0 radical (unpaired) electrons. The molecule has 1 N–H and O–H groups in total. The van der Waals surface area contributed by atoms with Crippen molar-refractivity contribution in [3.63, 3.8) is 0 Å². The van der Waals surface area contributed by atoms with Crippen LogP contribution in [0.5, 0.6) is 0 Å². The predicted molar refractivity (Wildman–Crippen MR) is 89.4 cm³/mol. The van der Waals surface area contributed by atoms with E-state index in [1.54, 1.807) is 4.90 Å². The van der Waals surface area contributed by atoms with E-state index in [9.17, 15) is 9.59 Å². The quantitative estimate of drug-likeness (QED) is 0.922. The molecule has 1 aliphatic heterocycles. The second-order valence-electron chi connectivity index (χ2n) is 5.98. The van der Waals surface area contributed by atoms with Crippen LogP contribution in [0, 0.1) is 0 Å². The summed E-state index contributed by atoms with van der Waals surface area (Å²) in [6.07, 6.45) is 1.80. The molecule has 0 unspecified atom stereocenters. The first-order valence-corrected chi connectivity index (χ1v) is 8.22. The monoisotopic (exact) mass is 350 g/mol. The van der Waals surface area contributed by atoms with Crippen LogP contribution in [0.1, 0.15) is 30.1 Å². The minimum atomic E-state index is -0.331. The van der Waals surface area contributed by atoms with Gasteiger partial charge in [0.2, 0.25) is 0 Å². The summed E-state index contributed by atoms with van der Waals surface area (Å²) >= 11 is 5.93. The lowest BCUT2D eigenvalue weighted by Crippen LogP contribution is -2.46. The number of aromatic nitrogens is 1. The van der Waals surface area contributed by atoms with Crippen molar-refractivity contribution in [2.45, 2.75) is 31.2 Å². The Morgan fingerprint density at radius 2 is 2.17 bits per heavy atom. The number of amides is 1. The Labute approximate surface area is 144 Å². The van der Waals surface area contributed by atoms with Crippen molar-refractivity contribution in [3.8, 4) is 0 Å². The van der Waals surface area contributed by atoms with Gasteiger partial charge in [-0.25, -0.2) is 4.79 Å². The van der Waals surface area contributed by atoms with Gasteiger partial charge in [0.15, 0.2) is 0 Å². The van der Waals surface area contributed by atoms with Crippen LogP contribution in [0.15, 0.2) is 39.6 Å². The molecule has 24 heavy (non-hydrogen) atoms. The molecule has 0 saturated carbocycles. The molecule has 2 heterocycles. The van der Waals surface area contributed by atoms with E-state index >= 15 is 0 Å². The Balaban J connectivity index is 1.79. The minimum absolute atomic E-state index is 0.0300. The van der Waals surface area contributed by atoms with Crippen molar-refractivity contribution in [2.75, 3.05) is 13.7 Å². The molecule has 1 amide bonds. The highest BCUT2D eigenvalue weighted by atomic mass is 35.5. The lowest BCUT2D eigenvalue weighted by Gasteiger charge is -2.38. The molecule has 0 spiro atoms. The molecule has 1 aromatic carbocycles. The third kappa shape index (κ3) is 3.64. The molecule has 1 aromatic heterocycles. The van der Waals surface area contributed by atoms with Crippen molar-refractivity contribution < 1.29 is 14.1 Å². The van der Waals surface area contributed by atoms with E-state index in [1.807, 2.05) is 24.3 Å². The van der Waals surface area contributed by atoms with E-state index in [0.29, 0.717) is 30.2 Å². The van der Waals surface area contributed by atoms with Crippen LogP contribution < -0.4 is 5.56 Å². The van der Waals surface area contributed by atoms with Crippen LogP contribution in [0.3, 0.4) is 0 Å². The normalized spacial score (nSPS) is 20.8. The summed E-state index contributed by atoms with van der Waals surface area (Å²) in [4.78, 5) is 25.1. The summed E-state index contributed by atoms with van der Waals surface area (Å²) in [6.45, 7) is 0.560. The van der Waals surface area contributed by atoms with Crippen molar-refractivity contribution >= 4 is 17.7 Å². The SMILES string of the molecule is COC(=O)N1CC[C@@H](c2cc(=O)[nH]o2)C[C@H]1Cc1ccc(Cl)cc1. The molecule has 0 aliphatic carbocycles. The standard InChI is InChI=1S/C17H19ClN2O4/c1-23-17(22)20-7-6-12(15-10-16(21)19-24-15)9-14(20)8-11-2-4-13(18)5-3-11/h2-5,10,12,14H,6-9H2,1H3,(H,19,21)/t12-,14-/m1/s1. The molecule has 2 aromatic rings. The Hall–Kier alpha value is -2.21. The summed E-state index contributed by atoms with van der Waals surface area (Å²) < 4.78 is 10.2. The molecule has 3 rings (SSSR count). The van der Waals surface area contributed by atoms with Gasteiger partial charge in [0, 0.05) is 29.6 Å². The molecule has 1 saturated heterocycles. The number of H-pyrrole nitrogens is 1. The van der Waals surface area contributed by atoms with E-state index in [2.05, 4.69) is 5.16 Å². The number of aromatic amines is 1. The van der Waals surface area contributed by atoms with Gasteiger partial charge in [-0.15, -0.1) is 0 Å². The molecular formula is C17H19ClN2O4. The number of carbonyl (C=O) groups excluding carboxylic acids is 1. The highest BCUT2D eigenvalue weighted by Gasteiger charge is 2.34. The fourth-order valence-electron chi connectivity index (χ4n) is 3.25. The minimum Gasteiger partial charge on any atom is -0.453 e. The molecule has 7 heteroatoms. The third-order valence-electron chi connectivity index (χ3n) is 4.45. The summed E-state index contributed by atoms with van der Waals surface area (Å²) in [5.41, 5.74) is 0.851. The lowest BCUT2D eigenvalue weighted by molar-refractivity contribution is 0.0817. The number of nitrogens with one attached hydrogen (secondary N) is 1. The number of likely N-dealkylation sites (tertiary alicyclic amines) is 1. The molecule has 1 aliphatic rings. The zero-order chi connectivity index (χ0) is 17.1. The Morgan fingerprint density at radius 1 is 1.42 bits per heavy atom. The Morgan fingerprint density at radius 3 is 2.79 bits per heavy atom. The largest absolute Gasteiger partial charge is 0.453 e. The van der Waals surface area contributed by atoms with Crippen molar-refractivity contribution in [3.05, 3.63) is 57.0 Å². The highest BCUT2D eigenvalue weighted by Crippen LogP contribution is 2.33. The summed E-state index contributed by atoms with van der Waals surface area (Å²) in [5.74, 6) is 0.743. The molecular weight excluding hydrogens is 332 g/mol. The first-order valence-electron chi connectivity index (χ1n) is 7.84. The van der Waals surface area contributed by atoms with Crippen LogP contribution >= 0.6 is 11.6 Å². The van der Waals surface area contributed by atoms with Crippen LogP contribution in [0.4, 0.5) is 4.79 Å². The second kappa shape index (κ2) is 7.13. The maximum atomic E-state index is 12.1. The number of halogens is 1. The Bertz CT molecular complexity index is 752. The van der Waals surface area contributed by atoms with Gasteiger partial charge in [0.1, 0.15) is 5.76 Å². The number of hydrogen-bond acceptors (Lipinski definition) is 4. The maximum Gasteiger partial charge on any atom is 0.409 e. The van der Waals surface area contributed by atoms with Gasteiger partial charge in [0.25, 0.3) is 5.56 Å². The maximum absolute atomic E-state index is 12.1. The molecule has 6 nitrogen and oxygen atoms in total. The van der Waals surface area contributed by atoms with Crippen molar-refractivity contribution in [1.29, 1.82) is 0 Å².